The molecule has 0 radical (unpaired) electrons. The van der Waals surface area contributed by atoms with Gasteiger partial charge in [0, 0.05) is 12.1 Å². The molecule has 3 heteroatoms. The zero-order valence-corrected chi connectivity index (χ0v) is 6.70. The summed E-state index contributed by atoms with van der Waals surface area (Å²) in [5.74, 6) is 0.407. The number of alkyl halides is 1. The molecule has 2 rings (SSSR count). The minimum Gasteiger partial charge on any atom is -0.391 e. The van der Waals surface area contributed by atoms with Crippen LogP contribution in [0, 0.1) is 5.92 Å². The van der Waals surface area contributed by atoms with E-state index in [9.17, 15) is 9.50 Å². The average Bonchev–Trinajstić information content (AvgIpc) is 2.44. The van der Waals surface area contributed by atoms with Crippen LogP contribution in [0.4, 0.5) is 4.39 Å². The lowest BCUT2D eigenvalue weighted by Crippen LogP contribution is -2.45. The molecular formula is C8H14FNO. The Morgan fingerprint density at radius 3 is 2.73 bits per heavy atom. The summed E-state index contributed by atoms with van der Waals surface area (Å²) in [6.07, 6.45) is 1.60. The molecule has 2 nitrogen and oxygen atoms in total. The van der Waals surface area contributed by atoms with Crippen LogP contribution in [-0.4, -0.2) is 41.9 Å². The Bertz CT molecular complexity index is 160. The predicted molar refractivity (Wildman–Crippen MR) is 40.0 cm³/mol. The van der Waals surface area contributed by atoms with Crippen LogP contribution in [0.5, 0.6) is 0 Å². The van der Waals surface area contributed by atoms with Crippen LogP contribution in [0.15, 0.2) is 0 Å². The van der Waals surface area contributed by atoms with E-state index in [0.29, 0.717) is 5.92 Å². The molecule has 1 aliphatic carbocycles. The van der Waals surface area contributed by atoms with Gasteiger partial charge >= 0.3 is 0 Å². The van der Waals surface area contributed by atoms with Crippen molar-refractivity contribution in [3.63, 3.8) is 0 Å². The number of aliphatic hydroxyl groups is 1. The zero-order valence-electron chi connectivity index (χ0n) is 6.70. The topological polar surface area (TPSA) is 23.5 Å². The first-order valence-electron chi connectivity index (χ1n) is 4.20. The lowest BCUT2D eigenvalue weighted by molar-refractivity contribution is 0.0332. The summed E-state index contributed by atoms with van der Waals surface area (Å²) in [5.41, 5.74) is 0. The normalized spacial score (nSPS) is 50.5. The SMILES string of the molecule is CN1C2CC(CC2O)C1CF. The van der Waals surface area contributed by atoms with E-state index in [1.165, 1.54) is 0 Å². The van der Waals surface area contributed by atoms with Crippen molar-refractivity contribution in [2.75, 3.05) is 13.7 Å². The van der Waals surface area contributed by atoms with E-state index >= 15 is 0 Å². The first-order chi connectivity index (χ1) is 5.24. The highest BCUT2D eigenvalue weighted by Gasteiger charge is 2.48. The number of nitrogens with zero attached hydrogens (tertiary/aromatic N) is 1. The highest BCUT2D eigenvalue weighted by Crippen LogP contribution is 2.41. The number of hydrogen-bond acceptors (Lipinski definition) is 2. The van der Waals surface area contributed by atoms with E-state index in [4.69, 9.17) is 0 Å². The molecule has 1 aliphatic heterocycles. The summed E-state index contributed by atoms with van der Waals surface area (Å²) in [5, 5.41) is 9.44. The van der Waals surface area contributed by atoms with Gasteiger partial charge in [-0.1, -0.05) is 0 Å². The van der Waals surface area contributed by atoms with E-state index in [1.807, 2.05) is 11.9 Å². The van der Waals surface area contributed by atoms with Gasteiger partial charge in [-0.2, -0.15) is 0 Å². The minimum absolute atomic E-state index is 0.0865. The number of piperidine rings is 1. The maximum Gasteiger partial charge on any atom is 0.105 e. The molecule has 11 heavy (non-hydrogen) atoms. The summed E-state index contributed by atoms with van der Waals surface area (Å²) in [6, 6.07) is 0.323. The summed E-state index contributed by atoms with van der Waals surface area (Å²) in [6.45, 7) is -0.260. The molecule has 0 aromatic rings. The molecule has 4 unspecified atom stereocenters. The van der Waals surface area contributed by atoms with Crippen molar-refractivity contribution in [1.29, 1.82) is 0 Å². The van der Waals surface area contributed by atoms with Crippen LogP contribution in [0.2, 0.25) is 0 Å². The monoisotopic (exact) mass is 159 g/mol. The van der Waals surface area contributed by atoms with E-state index in [0.717, 1.165) is 12.8 Å². The van der Waals surface area contributed by atoms with Crippen LogP contribution in [0.3, 0.4) is 0 Å². The highest BCUT2D eigenvalue weighted by atomic mass is 19.1. The molecule has 1 N–H and O–H groups in total. The molecule has 2 fully saturated rings. The third kappa shape index (κ3) is 0.908. The Morgan fingerprint density at radius 2 is 2.27 bits per heavy atom. The first kappa shape index (κ1) is 7.50. The van der Waals surface area contributed by atoms with Crippen LogP contribution in [0.25, 0.3) is 0 Å². The van der Waals surface area contributed by atoms with Crippen molar-refractivity contribution >= 4 is 0 Å². The Morgan fingerprint density at radius 1 is 1.55 bits per heavy atom. The number of rotatable bonds is 1. The highest BCUT2D eigenvalue weighted by molar-refractivity contribution is 5.02. The molecule has 2 aliphatic rings. The first-order valence-corrected chi connectivity index (χ1v) is 4.20. The number of halogens is 1. The lowest BCUT2D eigenvalue weighted by Gasteiger charge is -2.32. The van der Waals surface area contributed by atoms with Gasteiger partial charge in [0.15, 0.2) is 0 Å². The Kier molecular flexibility index (Phi) is 1.65. The van der Waals surface area contributed by atoms with E-state index in [1.54, 1.807) is 0 Å². The fourth-order valence-corrected chi connectivity index (χ4v) is 2.60. The summed E-state index contributed by atoms with van der Waals surface area (Å²) >= 11 is 0. The maximum absolute atomic E-state index is 12.4. The molecule has 1 heterocycles. The molecule has 0 aromatic carbocycles. The van der Waals surface area contributed by atoms with E-state index < -0.39 is 0 Å². The van der Waals surface area contributed by atoms with Gasteiger partial charge in [-0.15, -0.1) is 0 Å². The number of likely N-dealkylation sites (tertiary alicyclic amines) is 1. The van der Waals surface area contributed by atoms with Gasteiger partial charge in [0.05, 0.1) is 6.10 Å². The fraction of sp³-hybridized carbons (Fsp3) is 1.00. The second-order valence-electron chi connectivity index (χ2n) is 3.75. The molecule has 2 bridgehead atoms. The maximum atomic E-state index is 12.4. The van der Waals surface area contributed by atoms with Crippen molar-refractivity contribution in [3.8, 4) is 0 Å². The van der Waals surface area contributed by atoms with Crippen LogP contribution in [-0.2, 0) is 0 Å². The van der Waals surface area contributed by atoms with Crippen molar-refractivity contribution in [1.82, 2.24) is 4.90 Å². The third-order valence-electron chi connectivity index (χ3n) is 3.28. The number of hydrogen-bond donors (Lipinski definition) is 1. The second-order valence-corrected chi connectivity index (χ2v) is 3.75. The molecule has 64 valence electrons. The number of likely N-dealkylation sites (N-methyl/N-ethyl adjacent to an activating group) is 1. The van der Waals surface area contributed by atoms with E-state index in [2.05, 4.69) is 0 Å². The summed E-state index contributed by atoms with van der Waals surface area (Å²) < 4.78 is 12.4. The van der Waals surface area contributed by atoms with Crippen molar-refractivity contribution in [2.24, 2.45) is 5.92 Å². The van der Waals surface area contributed by atoms with Gasteiger partial charge in [0.1, 0.15) is 6.67 Å². The largest absolute Gasteiger partial charge is 0.391 e. The molecular weight excluding hydrogens is 145 g/mol. The molecule has 0 aromatic heterocycles. The van der Waals surface area contributed by atoms with Crippen LogP contribution in [0.1, 0.15) is 12.8 Å². The Hall–Kier alpha value is -0.150. The quantitative estimate of drug-likeness (QED) is 0.599. The Labute approximate surface area is 66.0 Å². The van der Waals surface area contributed by atoms with Crippen molar-refractivity contribution in [3.05, 3.63) is 0 Å². The second kappa shape index (κ2) is 2.42. The Balaban J connectivity index is 2.11. The van der Waals surface area contributed by atoms with Gasteiger partial charge in [0.25, 0.3) is 0 Å². The van der Waals surface area contributed by atoms with Gasteiger partial charge < -0.3 is 5.11 Å². The van der Waals surface area contributed by atoms with Gasteiger partial charge in [0.2, 0.25) is 0 Å². The third-order valence-corrected chi connectivity index (χ3v) is 3.28. The zero-order chi connectivity index (χ0) is 8.01. The number of fused-ring (bicyclic) bond motifs is 2. The van der Waals surface area contributed by atoms with Gasteiger partial charge in [-0.05, 0) is 25.8 Å². The molecule has 4 atom stereocenters. The van der Waals surface area contributed by atoms with Gasteiger partial charge in [-0.3, -0.25) is 4.90 Å². The lowest BCUT2D eigenvalue weighted by atomic mass is 9.99. The van der Waals surface area contributed by atoms with E-state index in [-0.39, 0.29) is 24.9 Å². The van der Waals surface area contributed by atoms with Crippen LogP contribution < -0.4 is 0 Å². The van der Waals surface area contributed by atoms with Crippen molar-refractivity contribution in [2.45, 2.75) is 31.0 Å². The summed E-state index contributed by atoms with van der Waals surface area (Å²) in [7, 11) is 1.91. The molecule has 1 saturated heterocycles. The van der Waals surface area contributed by atoms with Crippen LogP contribution >= 0.6 is 0 Å². The smallest absolute Gasteiger partial charge is 0.105 e. The standard InChI is InChI=1S/C8H14FNO/c1-10-6-2-5(3-8(6)11)7(10)4-9/h5-8,11H,2-4H2,1H3. The van der Waals surface area contributed by atoms with Crippen molar-refractivity contribution < 1.29 is 9.50 Å². The molecule has 0 spiro atoms. The fourth-order valence-electron chi connectivity index (χ4n) is 2.60. The number of aliphatic hydroxyl groups excluding tert-OH is 1. The average molecular weight is 159 g/mol. The van der Waals surface area contributed by atoms with Gasteiger partial charge in [-0.25, -0.2) is 4.39 Å². The molecule has 1 saturated carbocycles. The molecule has 0 amide bonds. The summed E-state index contributed by atoms with van der Waals surface area (Å²) in [4.78, 5) is 2.00. The predicted octanol–water partition coefficient (Wildman–Crippen LogP) is 0.409. The minimum atomic E-state index is -0.260.